The van der Waals surface area contributed by atoms with Crippen LogP contribution in [0.25, 0.3) is 10.9 Å². The van der Waals surface area contributed by atoms with Crippen molar-refractivity contribution in [3.8, 4) is 0 Å². The molecule has 2 aromatic rings. The summed E-state index contributed by atoms with van der Waals surface area (Å²) in [6.07, 6.45) is 2.53. The molecule has 2 rings (SSSR count). The van der Waals surface area contributed by atoms with E-state index in [2.05, 4.69) is 4.98 Å². The van der Waals surface area contributed by atoms with Crippen LogP contribution in [0.4, 0.5) is 0 Å². The highest BCUT2D eigenvalue weighted by molar-refractivity contribution is 5.86. The highest BCUT2D eigenvalue weighted by atomic mass is 16.1. The molecule has 0 aliphatic heterocycles. The second-order valence-electron chi connectivity index (χ2n) is 2.95. The zero-order valence-electron chi connectivity index (χ0n) is 7.03. The third kappa shape index (κ3) is 1.23. The monoisotopic (exact) mass is 174 g/mol. The number of aldehydes is 1. The Morgan fingerprint density at radius 3 is 2.92 bits per heavy atom. The fourth-order valence-electron chi connectivity index (χ4n) is 1.44. The Bertz CT molecular complexity index is 433. The summed E-state index contributed by atoms with van der Waals surface area (Å²) < 4.78 is 0. The van der Waals surface area contributed by atoms with Crippen molar-refractivity contribution in [3.63, 3.8) is 0 Å². The number of nitrogens with one attached hydrogen (secondary N) is 1. The highest BCUT2D eigenvalue weighted by Gasteiger charge is 2.09. The number of carbonyl (C=O) groups is 1. The predicted octanol–water partition coefficient (Wildman–Crippen LogP) is 1.37. The van der Waals surface area contributed by atoms with Crippen LogP contribution in [0.15, 0.2) is 30.5 Å². The third-order valence-corrected chi connectivity index (χ3v) is 2.13. The van der Waals surface area contributed by atoms with Gasteiger partial charge in [-0.3, -0.25) is 0 Å². The van der Waals surface area contributed by atoms with E-state index in [1.807, 2.05) is 24.3 Å². The number of para-hydroxylation sites is 1. The molecule has 0 amide bonds. The fraction of sp³-hybridized carbons (Fsp3) is 0.100. The summed E-state index contributed by atoms with van der Waals surface area (Å²) in [5.74, 6) is 0. The molecule has 66 valence electrons. The van der Waals surface area contributed by atoms with Gasteiger partial charge >= 0.3 is 0 Å². The van der Waals surface area contributed by atoms with Crippen LogP contribution in [0.3, 0.4) is 0 Å². The average molecular weight is 174 g/mol. The lowest BCUT2D eigenvalue weighted by Gasteiger charge is -2.00. The molecule has 0 spiro atoms. The minimum Gasteiger partial charge on any atom is -0.361 e. The minimum absolute atomic E-state index is 0.531. The predicted molar refractivity (Wildman–Crippen MR) is 51.3 cm³/mol. The van der Waals surface area contributed by atoms with Crippen LogP contribution < -0.4 is 5.73 Å². The summed E-state index contributed by atoms with van der Waals surface area (Å²) in [5.41, 5.74) is 7.48. The smallest absolute Gasteiger partial charge is 0.141 e. The van der Waals surface area contributed by atoms with Gasteiger partial charge in [0.2, 0.25) is 0 Å². The Hall–Kier alpha value is -1.61. The first kappa shape index (κ1) is 8.01. The quantitative estimate of drug-likeness (QED) is 0.675. The zero-order valence-corrected chi connectivity index (χ0v) is 7.03. The SMILES string of the molecule is N[C@@H](C=O)c1c[nH]c2ccccc12. The summed E-state index contributed by atoms with van der Waals surface area (Å²) >= 11 is 0. The number of fused-ring (bicyclic) bond motifs is 1. The molecular formula is C10H10N2O. The van der Waals surface area contributed by atoms with Gasteiger partial charge in [-0.15, -0.1) is 0 Å². The Labute approximate surface area is 75.6 Å². The molecule has 3 heteroatoms. The largest absolute Gasteiger partial charge is 0.361 e. The summed E-state index contributed by atoms with van der Waals surface area (Å²) in [6.45, 7) is 0. The van der Waals surface area contributed by atoms with Crippen LogP contribution in [0, 0.1) is 0 Å². The lowest BCUT2D eigenvalue weighted by Crippen LogP contribution is -2.10. The van der Waals surface area contributed by atoms with E-state index >= 15 is 0 Å². The lowest BCUT2D eigenvalue weighted by atomic mass is 10.1. The van der Waals surface area contributed by atoms with Gasteiger partial charge in [0.25, 0.3) is 0 Å². The van der Waals surface area contributed by atoms with Gasteiger partial charge in [0.05, 0.1) is 6.04 Å². The molecule has 13 heavy (non-hydrogen) atoms. The van der Waals surface area contributed by atoms with E-state index in [9.17, 15) is 4.79 Å². The number of nitrogens with two attached hydrogens (primary N) is 1. The van der Waals surface area contributed by atoms with E-state index in [0.29, 0.717) is 0 Å². The number of benzene rings is 1. The van der Waals surface area contributed by atoms with Crippen molar-refractivity contribution in [1.29, 1.82) is 0 Å². The molecule has 1 heterocycles. The van der Waals surface area contributed by atoms with Gasteiger partial charge in [-0.2, -0.15) is 0 Å². The summed E-state index contributed by atoms with van der Waals surface area (Å²) in [5, 5.41) is 1.02. The van der Waals surface area contributed by atoms with Crippen molar-refractivity contribution in [2.45, 2.75) is 6.04 Å². The van der Waals surface area contributed by atoms with Crippen molar-refractivity contribution in [1.82, 2.24) is 4.98 Å². The molecule has 0 aliphatic rings. The topological polar surface area (TPSA) is 58.9 Å². The van der Waals surface area contributed by atoms with E-state index in [1.165, 1.54) is 0 Å². The summed E-state index contributed by atoms with van der Waals surface area (Å²) in [6, 6.07) is 7.24. The maximum atomic E-state index is 10.5. The van der Waals surface area contributed by atoms with Gasteiger partial charge in [0.15, 0.2) is 0 Å². The first-order valence-corrected chi connectivity index (χ1v) is 4.10. The molecule has 0 unspecified atom stereocenters. The van der Waals surface area contributed by atoms with E-state index in [-0.39, 0.29) is 0 Å². The number of hydrogen-bond donors (Lipinski definition) is 2. The number of aromatic amines is 1. The van der Waals surface area contributed by atoms with Crippen molar-refractivity contribution < 1.29 is 4.79 Å². The number of aromatic nitrogens is 1. The molecule has 1 aromatic carbocycles. The average Bonchev–Trinajstić information content (AvgIpc) is 2.60. The highest BCUT2D eigenvalue weighted by Crippen LogP contribution is 2.21. The molecule has 1 aromatic heterocycles. The minimum atomic E-state index is -0.531. The summed E-state index contributed by atoms with van der Waals surface area (Å²) in [7, 11) is 0. The second-order valence-corrected chi connectivity index (χ2v) is 2.95. The van der Waals surface area contributed by atoms with E-state index < -0.39 is 6.04 Å². The van der Waals surface area contributed by atoms with Crippen molar-refractivity contribution in [3.05, 3.63) is 36.0 Å². The van der Waals surface area contributed by atoms with Gasteiger partial charge in [0.1, 0.15) is 6.29 Å². The van der Waals surface area contributed by atoms with Crippen molar-refractivity contribution in [2.24, 2.45) is 5.73 Å². The number of H-pyrrole nitrogens is 1. The number of rotatable bonds is 2. The normalized spacial score (nSPS) is 13.0. The Kier molecular flexibility index (Phi) is 1.87. The van der Waals surface area contributed by atoms with Crippen LogP contribution >= 0.6 is 0 Å². The Morgan fingerprint density at radius 2 is 2.15 bits per heavy atom. The van der Waals surface area contributed by atoms with E-state index in [4.69, 9.17) is 5.73 Å². The molecular weight excluding hydrogens is 164 g/mol. The summed E-state index contributed by atoms with van der Waals surface area (Å²) in [4.78, 5) is 13.6. The molecule has 0 fully saturated rings. The second kappa shape index (κ2) is 3.03. The molecule has 3 nitrogen and oxygen atoms in total. The number of hydrogen-bond acceptors (Lipinski definition) is 2. The lowest BCUT2D eigenvalue weighted by molar-refractivity contribution is -0.108. The maximum absolute atomic E-state index is 10.5. The van der Waals surface area contributed by atoms with Crippen LogP contribution in [0.2, 0.25) is 0 Å². The van der Waals surface area contributed by atoms with Gasteiger partial charge in [-0.25, -0.2) is 0 Å². The van der Waals surface area contributed by atoms with Crippen LogP contribution in [-0.2, 0) is 4.79 Å². The van der Waals surface area contributed by atoms with Crippen LogP contribution in [0.1, 0.15) is 11.6 Å². The first-order chi connectivity index (χ1) is 6.33. The van der Waals surface area contributed by atoms with Gasteiger partial charge < -0.3 is 15.5 Å². The third-order valence-electron chi connectivity index (χ3n) is 2.13. The molecule has 0 bridgehead atoms. The van der Waals surface area contributed by atoms with Crippen molar-refractivity contribution in [2.75, 3.05) is 0 Å². The molecule has 0 saturated heterocycles. The fourth-order valence-corrected chi connectivity index (χ4v) is 1.44. The van der Waals surface area contributed by atoms with Crippen LogP contribution in [0.5, 0.6) is 0 Å². The van der Waals surface area contributed by atoms with E-state index in [1.54, 1.807) is 6.20 Å². The zero-order chi connectivity index (χ0) is 9.26. The Balaban J connectivity index is 2.64. The van der Waals surface area contributed by atoms with Crippen LogP contribution in [-0.4, -0.2) is 11.3 Å². The van der Waals surface area contributed by atoms with E-state index in [0.717, 1.165) is 22.8 Å². The number of carbonyl (C=O) groups excluding carboxylic acids is 1. The standard InChI is InChI=1S/C10H10N2O/c11-9(6-13)8-5-12-10-4-2-1-3-7(8)10/h1-6,9,12H,11H2/t9-/m0/s1. The first-order valence-electron chi connectivity index (χ1n) is 4.10. The molecule has 1 atom stereocenters. The van der Waals surface area contributed by atoms with Gasteiger partial charge in [0, 0.05) is 22.7 Å². The van der Waals surface area contributed by atoms with Gasteiger partial charge in [-0.05, 0) is 6.07 Å². The molecule has 0 aliphatic carbocycles. The Morgan fingerprint density at radius 1 is 1.38 bits per heavy atom. The maximum Gasteiger partial charge on any atom is 0.141 e. The molecule has 3 N–H and O–H groups in total. The molecule has 0 saturated carbocycles. The van der Waals surface area contributed by atoms with Gasteiger partial charge in [-0.1, -0.05) is 18.2 Å². The molecule has 0 radical (unpaired) electrons. The van der Waals surface area contributed by atoms with Crippen molar-refractivity contribution >= 4 is 17.2 Å².